The molecule has 2 aliphatic rings. The van der Waals surface area contributed by atoms with Crippen molar-refractivity contribution >= 4 is 38.3 Å². The van der Waals surface area contributed by atoms with Crippen LogP contribution in [0.3, 0.4) is 0 Å². The smallest absolute Gasteiger partial charge is 0.250 e. The molecule has 0 aliphatic carbocycles. The zero-order valence-electron chi connectivity index (χ0n) is 24.7. The Morgan fingerprint density at radius 2 is 1.57 bits per heavy atom. The standard InChI is InChI=1S/C34H36N4O5S/c1-43-30-16-8-6-11-27(30)18-21-35-32(39)24-36-25-38(28-13-3-2-4-14-28)34(33(36)40)19-22-37(23-20-34)44(41,42)31-17-9-12-26-10-5-7-15-29(26)31/h2-17H,18-25H2,1H3,(H,35,39). The first kappa shape index (κ1) is 29.7. The molecule has 228 valence electrons. The molecule has 6 rings (SSSR count). The van der Waals surface area contributed by atoms with Gasteiger partial charge in [-0.05, 0) is 54.5 Å². The van der Waals surface area contributed by atoms with Gasteiger partial charge in [-0.2, -0.15) is 4.31 Å². The molecule has 0 unspecified atom stereocenters. The van der Waals surface area contributed by atoms with Gasteiger partial charge in [-0.3, -0.25) is 9.59 Å². The predicted octanol–water partition coefficient (Wildman–Crippen LogP) is 4.04. The third-order valence-electron chi connectivity index (χ3n) is 8.74. The number of para-hydroxylation sites is 2. The maximum Gasteiger partial charge on any atom is 0.250 e. The zero-order valence-corrected chi connectivity index (χ0v) is 25.5. The molecule has 1 N–H and O–H groups in total. The Bertz CT molecular complexity index is 1770. The Balaban J connectivity index is 1.18. The van der Waals surface area contributed by atoms with Crippen LogP contribution in [0.1, 0.15) is 18.4 Å². The summed E-state index contributed by atoms with van der Waals surface area (Å²) in [6, 6.07) is 30.1. The summed E-state index contributed by atoms with van der Waals surface area (Å²) in [4.78, 5) is 31.0. The molecule has 1 spiro atoms. The number of fused-ring (bicyclic) bond motifs is 1. The number of carbonyl (C=O) groups is 2. The summed E-state index contributed by atoms with van der Waals surface area (Å²) >= 11 is 0. The number of sulfonamides is 1. The summed E-state index contributed by atoms with van der Waals surface area (Å²) in [5, 5.41) is 4.48. The summed E-state index contributed by atoms with van der Waals surface area (Å²) in [6.07, 6.45) is 1.23. The fourth-order valence-corrected chi connectivity index (χ4v) is 8.11. The molecule has 0 saturated carbocycles. The number of benzene rings is 4. The largest absolute Gasteiger partial charge is 0.496 e. The predicted molar refractivity (Wildman–Crippen MR) is 170 cm³/mol. The first-order valence-electron chi connectivity index (χ1n) is 14.8. The highest BCUT2D eigenvalue weighted by Crippen LogP contribution is 2.41. The molecule has 0 bridgehead atoms. The summed E-state index contributed by atoms with van der Waals surface area (Å²) in [5.74, 6) is 0.378. The third-order valence-corrected chi connectivity index (χ3v) is 10.7. The molecule has 2 aliphatic heterocycles. The zero-order chi connectivity index (χ0) is 30.7. The number of rotatable bonds is 9. The number of ether oxygens (including phenoxy) is 1. The molecular formula is C34H36N4O5S. The maximum absolute atomic E-state index is 14.1. The molecule has 4 aromatic rings. The van der Waals surface area contributed by atoms with Gasteiger partial charge in [0.05, 0.1) is 18.7 Å². The molecule has 0 aromatic heterocycles. The van der Waals surface area contributed by atoms with E-state index in [1.807, 2.05) is 89.8 Å². The molecule has 9 nitrogen and oxygen atoms in total. The highest BCUT2D eigenvalue weighted by atomic mass is 32.2. The minimum Gasteiger partial charge on any atom is -0.496 e. The SMILES string of the molecule is COc1ccccc1CCNC(=O)CN1CN(c2ccccc2)C2(CCN(S(=O)(=O)c3cccc4ccccc34)CC2)C1=O. The molecule has 2 saturated heterocycles. The first-order valence-corrected chi connectivity index (χ1v) is 16.3. The Morgan fingerprint density at radius 1 is 0.886 bits per heavy atom. The van der Waals surface area contributed by atoms with E-state index in [1.165, 1.54) is 4.31 Å². The summed E-state index contributed by atoms with van der Waals surface area (Å²) < 4.78 is 34.6. The highest BCUT2D eigenvalue weighted by molar-refractivity contribution is 7.89. The van der Waals surface area contributed by atoms with E-state index in [0.717, 1.165) is 22.4 Å². The van der Waals surface area contributed by atoms with E-state index in [4.69, 9.17) is 4.74 Å². The van der Waals surface area contributed by atoms with Crippen LogP contribution in [0.25, 0.3) is 10.8 Å². The fourth-order valence-electron chi connectivity index (χ4n) is 6.45. The van der Waals surface area contributed by atoms with E-state index in [0.29, 0.717) is 31.2 Å². The molecule has 2 amide bonds. The lowest BCUT2D eigenvalue weighted by Gasteiger charge is -2.42. The van der Waals surface area contributed by atoms with Gasteiger partial charge >= 0.3 is 0 Å². The second-order valence-corrected chi connectivity index (χ2v) is 13.1. The van der Waals surface area contributed by atoms with Crippen LogP contribution in [0.4, 0.5) is 5.69 Å². The van der Waals surface area contributed by atoms with Gasteiger partial charge in [0, 0.05) is 30.7 Å². The average molecular weight is 613 g/mol. The minimum absolute atomic E-state index is 0.0755. The van der Waals surface area contributed by atoms with E-state index in [1.54, 1.807) is 24.1 Å². The quantitative estimate of drug-likeness (QED) is 0.307. The van der Waals surface area contributed by atoms with E-state index in [2.05, 4.69) is 5.32 Å². The second-order valence-electron chi connectivity index (χ2n) is 11.2. The van der Waals surface area contributed by atoms with E-state index >= 15 is 0 Å². The average Bonchev–Trinajstić information content (AvgIpc) is 3.31. The fraction of sp³-hybridized carbons (Fsp3) is 0.294. The van der Waals surface area contributed by atoms with Crippen molar-refractivity contribution < 1.29 is 22.7 Å². The van der Waals surface area contributed by atoms with Crippen molar-refractivity contribution in [2.75, 3.05) is 44.9 Å². The van der Waals surface area contributed by atoms with Crippen molar-refractivity contribution in [2.45, 2.75) is 29.7 Å². The van der Waals surface area contributed by atoms with Gasteiger partial charge in [0.1, 0.15) is 17.8 Å². The van der Waals surface area contributed by atoms with Crippen molar-refractivity contribution in [3.8, 4) is 5.75 Å². The van der Waals surface area contributed by atoms with Crippen LogP contribution in [0.5, 0.6) is 5.75 Å². The molecule has 10 heteroatoms. The number of anilines is 1. The lowest BCUT2D eigenvalue weighted by atomic mass is 9.86. The van der Waals surface area contributed by atoms with Crippen LogP contribution in [-0.2, 0) is 26.0 Å². The van der Waals surface area contributed by atoms with Gasteiger partial charge in [-0.25, -0.2) is 8.42 Å². The van der Waals surface area contributed by atoms with Crippen molar-refractivity contribution in [1.29, 1.82) is 0 Å². The molecule has 0 atom stereocenters. The van der Waals surface area contributed by atoms with Crippen LogP contribution in [0.2, 0.25) is 0 Å². The highest BCUT2D eigenvalue weighted by Gasteiger charge is 2.55. The van der Waals surface area contributed by atoms with Gasteiger partial charge in [0.2, 0.25) is 21.8 Å². The van der Waals surface area contributed by atoms with Crippen molar-refractivity contribution in [3.63, 3.8) is 0 Å². The number of nitrogens with one attached hydrogen (secondary N) is 1. The van der Waals surface area contributed by atoms with Crippen LogP contribution in [-0.4, -0.2) is 74.9 Å². The molecule has 0 radical (unpaired) electrons. The lowest BCUT2D eigenvalue weighted by Crippen LogP contribution is -2.57. The van der Waals surface area contributed by atoms with Crippen LogP contribution in [0, 0.1) is 0 Å². The summed E-state index contributed by atoms with van der Waals surface area (Å²) in [5.41, 5.74) is 0.918. The van der Waals surface area contributed by atoms with Crippen LogP contribution < -0.4 is 15.0 Å². The Kier molecular flexibility index (Phi) is 8.29. The van der Waals surface area contributed by atoms with E-state index < -0.39 is 15.6 Å². The molecule has 44 heavy (non-hydrogen) atoms. The number of hydrogen-bond acceptors (Lipinski definition) is 6. The maximum atomic E-state index is 14.1. The number of piperidine rings is 1. The van der Waals surface area contributed by atoms with Crippen LogP contribution in [0.15, 0.2) is 102 Å². The van der Waals surface area contributed by atoms with Gasteiger partial charge in [0.25, 0.3) is 0 Å². The first-order chi connectivity index (χ1) is 21.3. The molecule has 2 heterocycles. The molecule has 2 fully saturated rings. The Morgan fingerprint density at radius 3 is 2.34 bits per heavy atom. The summed E-state index contributed by atoms with van der Waals surface area (Å²) in [7, 11) is -2.17. The minimum atomic E-state index is -3.79. The third kappa shape index (κ3) is 5.51. The number of nitrogens with zero attached hydrogens (tertiary/aromatic N) is 3. The van der Waals surface area contributed by atoms with Gasteiger partial charge in [0.15, 0.2) is 0 Å². The topological polar surface area (TPSA) is 99.3 Å². The molecular weight excluding hydrogens is 576 g/mol. The van der Waals surface area contributed by atoms with Crippen molar-refractivity contribution in [2.24, 2.45) is 0 Å². The summed E-state index contributed by atoms with van der Waals surface area (Å²) in [6.45, 7) is 0.974. The van der Waals surface area contributed by atoms with Crippen molar-refractivity contribution in [3.05, 3.63) is 103 Å². The Hall–Kier alpha value is -4.41. The number of amides is 2. The number of methoxy groups -OCH3 is 1. The van der Waals surface area contributed by atoms with Crippen molar-refractivity contribution in [1.82, 2.24) is 14.5 Å². The van der Waals surface area contributed by atoms with Gasteiger partial charge < -0.3 is 19.9 Å². The van der Waals surface area contributed by atoms with Gasteiger partial charge in [-0.1, -0.05) is 72.8 Å². The van der Waals surface area contributed by atoms with Crippen LogP contribution >= 0.6 is 0 Å². The lowest BCUT2D eigenvalue weighted by molar-refractivity contribution is -0.137. The Labute approximate surface area is 258 Å². The van der Waals surface area contributed by atoms with Gasteiger partial charge in [-0.15, -0.1) is 0 Å². The van der Waals surface area contributed by atoms with E-state index in [-0.39, 0.29) is 43.0 Å². The van der Waals surface area contributed by atoms with E-state index in [9.17, 15) is 18.0 Å². The number of carbonyl (C=O) groups excluding carboxylic acids is 2. The normalized spacial score (nSPS) is 16.9. The monoisotopic (exact) mass is 612 g/mol. The molecule has 4 aromatic carbocycles. The second kappa shape index (κ2) is 12.3. The number of hydrogen-bond donors (Lipinski definition) is 1.